The molecule has 3 rings (SSSR count). The molecule has 0 spiro atoms. The normalized spacial score (nSPS) is 10.5. The molecule has 0 saturated heterocycles. The standard InChI is InChI=1S/C21H23FN4O2/c1-3-4-8-15-13-20(24-21(27)23-19-12-6-5-11-18(19)22)26(25-15)16-9-7-10-17(14-16)28-2/h5-7,9-14H,3-4,8H2,1-2H3,(H2,23,24,27). The molecule has 0 aliphatic carbocycles. The van der Waals surface area contributed by atoms with Gasteiger partial charge in [0.1, 0.15) is 17.4 Å². The molecule has 2 aromatic carbocycles. The third kappa shape index (κ3) is 4.68. The Morgan fingerprint density at radius 1 is 1.14 bits per heavy atom. The van der Waals surface area contributed by atoms with Crippen LogP contribution >= 0.6 is 0 Å². The first-order valence-electron chi connectivity index (χ1n) is 9.16. The van der Waals surface area contributed by atoms with Crippen LogP contribution in [0, 0.1) is 5.82 Å². The lowest BCUT2D eigenvalue weighted by molar-refractivity contribution is 0.262. The molecule has 0 aliphatic heterocycles. The Bertz CT molecular complexity index is 955. The quantitative estimate of drug-likeness (QED) is 0.604. The number of methoxy groups -OCH3 is 1. The number of aryl methyl sites for hydroxylation is 1. The molecule has 0 atom stereocenters. The fourth-order valence-electron chi connectivity index (χ4n) is 2.77. The molecule has 2 amide bonds. The third-order valence-corrected chi connectivity index (χ3v) is 4.21. The Labute approximate surface area is 163 Å². The van der Waals surface area contributed by atoms with Crippen LogP contribution in [-0.4, -0.2) is 22.9 Å². The van der Waals surface area contributed by atoms with Gasteiger partial charge in [-0.15, -0.1) is 0 Å². The van der Waals surface area contributed by atoms with Gasteiger partial charge in [-0.1, -0.05) is 31.5 Å². The number of halogens is 1. The predicted octanol–water partition coefficient (Wildman–Crippen LogP) is 5.01. The summed E-state index contributed by atoms with van der Waals surface area (Å²) in [6, 6.07) is 14.7. The van der Waals surface area contributed by atoms with Gasteiger partial charge in [-0.2, -0.15) is 5.10 Å². The van der Waals surface area contributed by atoms with Crippen molar-refractivity contribution in [1.82, 2.24) is 9.78 Å². The van der Waals surface area contributed by atoms with Gasteiger partial charge >= 0.3 is 6.03 Å². The summed E-state index contributed by atoms with van der Waals surface area (Å²) in [6.45, 7) is 2.11. The first kappa shape index (κ1) is 19.4. The minimum Gasteiger partial charge on any atom is -0.497 e. The Hall–Kier alpha value is -3.35. The predicted molar refractivity (Wildman–Crippen MR) is 108 cm³/mol. The second-order valence-corrected chi connectivity index (χ2v) is 6.30. The van der Waals surface area contributed by atoms with Crippen molar-refractivity contribution < 1.29 is 13.9 Å². The summed E-state index contributed by atoms with van der Waals surface area (Å²) in [6.07, 6.45) is 2.84. The highest BCUT2D eigenvalue weighted by molar-refractivity contribution is 5.99. The molecule has 3 aromatic rings. The molecule has 0 radical (unpaired) electrons. The first-order chi connectivity index (χ1) is 13.6. The fraction of sp³-hybridized carbons (Fsp3) is 0.238. The summed E-state index contributed by atoms with van der Waals surface area (Å²) < 4.78 is 20.7. The monoisotopic (exact) mass is 382 g/mol. The van der Waals surface area contributed by atoms with Gasteiger partial charge in [0.2, 0.25) is 0 Å². The van der Waals surface area contributed by atoms with Crippen molar-refractivity contribution in [1.29, 1.82) is 0 Å². The number of nitrogens with one attached hydrogen (secondary N) is 2. The summed E-state index contributed by atoms with van der Waals surface area (Å²) in [7, 11) is 1.59. The van der Waals surface area contributed by atoms with Gasteiger partial charge in [0.15, 0.2) is 0 Å². The number of unbranched alkanes of at least 4 members (excludes halogenated alkanes) is 1. The van der Waals surface area contributed by atoms with E-state index in [0.29, 0.717) is 11.6 Å². The van der Waals surface area contributed by atoms with Crippen molar-refractivity contribution in [2.75, 3.05) is 17.7 Å². The highest BCUT2D eigenvalue weighted by Crippen LogP contribution is 2.22. The summed E-state index contributed by atoms with van der Waals surface area (Å²) in [5.74, 6) is 0.681. The van der Waals surface area contributed by atoms with E-state index in [-0.39, 0.29) is 5.69 Å². The molecule has 146 valence electrons. The Balaban J connectivity index is 1.86. The molecule has 0 fully saturated rings. The fourth-order valence-corrected chi connectivity index (χ4v) is 2.77. The van der Waals surface area contributed by atoms with Crippen LogP contribution in [0.3, 0.4) is 0 Å². The molecular weight excluding hydrogens is 359 g/mol. The van der Waals surface area contributed by atoms with Crippen LogP contribution in [0.15, 0.2) is 54.6 Å². The molecule has 0 saturated carbocycles. The number of anilines is 2. The van der Waals surface area contributed by atoms with E-state index in [1.165, 1.54) is 12.1 Å². The van der Waals surface area contributed by atoms with Crippen LogP contribution < -0.4 is 15.4 Å². The van der Waals surface area contributed by atoms with Crippen LogP contribution in [-0.2, 0) is 6.42 Å². The number of aromatic nitrogens is 2. The molecule has 28 heavy (non-hydrogen) atoms. The Morgan fingerprint density at radius 3 is 2.71 bits per heavy atom. The van der Waals surface area contributed by atoms with E-state index in [2.05, 4.69) is 22.7 Å². The molecule has 7 heteroatoms. The van der Waals surface area contributed by atoms with E-state index in [1.54, 1.807) is 23.9 Å². The zero-order chi connectivity index (χ0) is 19.9. The molecule has 2 N–H and O–H groups in total. The van der Waals surface area contributed by atoms with Crippen LogP contribution in [0.5, 0.6) is 5.75 Å². The second-order valence-electron chi connectivity index (χ2n) is 6.30. The number of hydrogen-bond donors (Lipinski definition) is 2. The summed E-state index contributed by atoms with van der Waals surface area (Å²) in [5.41, 5.74) is 1.73. The highest BCUT2D eigenvalue weighted by Gasteiger charge is 2.14. The molecule has 0 bridgehead atoms. The summed E-state index contributed by atoms with van der Waals surface area (Å²) in [5, 5.41) is 9.90. The van der Waals surface area contributed by atoms with Gasteiger partial charge in [-0.05, 0) is 37.1 Å². The number of rotatable bonds is 7. The van der Waals surface area contributed by atoms with Gasteiger partial charge in [-0.3, -0.25) is 5.32 Å². The maximum atomic E-state index is 13.8. The van der Waals surface area contributed by atoms with Crippen molar-refractivity contribution in [2.24, 2.45) is 0 Å². The van der Waals surface area contributed by atoms with Gasteiger partial charge in [0.25, 0.3) is 0 Å². The maximum absolute atomic E-state index is 13.8. The van der Waals surface area contributed by atoms with E-state index >= 15 is 0 Å². The molecule has 0 aliphatic rings. The molecule has 1 heterocycles. The molecule has 1 aromatic heterocycles. The van der Waals surface area contributed by atoms with Gasteiger partial charge in [0, 0.05) is 12.1 Å². The zero-order valence-corrected chi connectivity index (χ0v) is 15.9. The van der Waals surface area contributed by atoms with Crippen LogP contribution in [0.25, 0.3) is 5.69 Å². The van der Waals surface area contributed by atoms with E-state index < -0.39 is 11.8 Å². The number of nitrogens with zero attached hydrogens (tertiary/aromatic N) is 2. The number of carbonyl (C=O) groups excluding carboxylic acids is 1. The maximum Gasteiger partial charge on any atom is 0.324 e. The highest BCUT2D eigenvalue weighted by atomic mass is 19.1. The minimum absolute atomic E-state index is 0.110. The first-order valence-corrected chi connectivity index (χ1v) is 9.16. The summed E-state index contributed by atoms with van der Waals surface area (Å²) in [4.78, 5) is 12.4. The Morgan fingerprint density at radius 2 is 1.96 bits per heavy atom. The van der Waals surface area contributed by atoms with Crippen molar-refractivity contribution in [3.8, 4) is 11.4 Å². The van der Waals surface area contributed by atoms with Crippen LogP contribution in [0.4, 0.5) is 20.7 Å². The topological polar surface area (TPSA) is 68.2 Å². The minimum atomic E-state index is -0.545. The molecule has 6 nitrogen and oxygen atoms in total. The van der Waals surface area contributed by atoms with Crippen molar-refractivity contribution >= 4 is 17.5 Å². The number of amides is 2. The van der Waals surface area contributed by atoms with Crippen LogP contribution in [0.1, 0.15) is 25.5 Å². The molecular formula is C21H23FN4O2. The second kappa shape index (κ2) is 9.03. The van der Waals surface area contributed by atoms with E-state index in [1.807, 2.05) is 30.3 Å². The summed E-state index contributed by atoms with van der Waals surface area (Å²) >= 11 is 0. The van der Waals surface area contributed by atoms with Crippen molar-refractivity contribution in [3.63, 3.8) is 0 Å². The lowest BCUT2D eigenvalue weighted by Gasteiger charge is -2.11. The van der Waals surface area contributed by atoms with E-state index in [0.717, 1.165) is 30.6 Å². The number of para-hydroxylation sites is 1. The molecule has 0 unspecified atom stereocenters. The van der Waals surface area contributed by atoms with Crippen molar-refractivity contribution in [2.45, 2.75) is 26.2 Å². The van der Waals surface area contributed by atoms with Gasteiger partial charge in [0.05, 0.1) is 24.2 Å². The van der Waals surface area contributed by atoms with Crippen molar-refractivity contribution in [3.05, 3.63) is 66.1 Å². The lowest BCUT2D eigenvalue weighted by atomic mass is 10.2. The van der Waals surface area contributed by atoms with Gasteiger partial charge in [-0.25, -0.2) is 13.9 Å². The number of ether oxygens (including phenoxy) is 1. The number of benzene rings is 2. The SMILES string of the molecule is CCCCc1cc(NC(=O)Nc2ccccc2F)n(-c2cccc(OC)c2)n1. The van der Waals surface area contributed by atoms with Crippen LogP contribution in [0.2, 0.25) is 0 Å². The average molecular weight is 382 g/mol. The lowest BCUT2D eigenvalue weighted by Crippen LogP contribution is -2.21. The van der Waals surface area contributed by atoms with E-state index in [4.69, 9.17) is 4.74 Å². The zero-order valence-electron chi connectivity index (χ0n) is 15.9. The van der Waals surface area contributed by atoms with Gasteiger partial charge < -0.3 is 10.1 Å². The smallest absolute Gasteiger partial charge is 0.324 e. The van der Waals surface area contributed by atoms with E-state index in [9.17, 15) is 9.18 Å². The Kier molecular flexibility index (Phi) is 6.26. The largest absolute Gasteiger partial charge is 0.497 e. The number of carbonyl (C=O) groups is 1. The third-order valence-electron chi connectivity index (χ3n) is 4.21. The number of hydrogen-bond acceptors (Lipinski definition) is 3. The average Bonchev–Trinajstić information content (AvgIpc) is 3.10. The number of urea groups is 1.